The molecule has 0 amide bonds. The lowest BCUT2D eigenvalue weighted by atomic mass is 10.3. The number of halogens is 2. The van der Waals surface area contributed by atoms with Gasteiger partial charge in [0.25, 0.3) is 0 Å². The molecule has 0 bridgehead atoms. The van der Waals surface area contributed by atoms with Crippen molar-refractivity contribution in [2.75, 3.05) is 11.9 Å². The number of hydrogen-bond acceptors (Lipinski definition) is 4. The Labute approximate surface area is 120 Å². The van der Waals surface area contributed by atoms with E-state index in [1.54, 1.807) is 35.7 Å². The van der Waals surface area contributed by atoms with Crippen molar-refractivity contribution in [3.63, 3.8) is 0 Å². The lowest BCUT2D eigenvalue weighted by Gasteiger charge is -2.07. The average Bonchev–Trinajstić information content (AvgIpc) is 2.79. The zero-order valence-electron chi connectivity index (χ0n) is 9.74. The van der Waals surface area contributed by atoms with Crippen LogP contribution in [-0.4, -0.2) is 11.5 Å². The Morgan fingerprint density at radius 2 is 2.22 bits per heavy atom. The topological polar surface area (TPSA) is 34.2 Å². The van der Waals surface area contributed by atoms with E-state index in [-0.39, 0.29) is 0 Å². The summed E-state index contributed by atoms with van der Waals surface area (Å²) in [5, 5.41) is 4.98. The molecule has 0 atom stereocenters. The highest BCUT2D eigenvalue weighted by Gasteiger charge is 2.07. The van der Waals surface area contributed by atoms with Crippen LogP contribution in [0, 0.1) is 0 Å². The highest BCUT2D eigenvalue weighted by Crippen LogP contribution is 2.32. The highest BCUT2D eigenvalue weighted by molar-refractivity contribution is 7.15. The smallest absolute Gasteiger partial charge is 0.182 e. The average molecular weight is 303 g/mol. The molecule has 0 fully saturated rings. The molecule has 0 spiro atoms. The van der Waals surface area contributed by atoms with E-state index in [9.17, 15) is 0 Å². The largest absolute Gasteiger partial charge is 0.486 e. The molecule has 96 valence electrons. The van der Waals surface area contributed by atoms with Crippen LogP contribution in [-0.2, 0) is 6.61 Å². The second kappa shape index (κ2) is 6.27. The number of aromatic nitrogens is 1. The van der Waals surface area contributed by atoms with E-state index in [2.05, 4.69) is 10.3 Å². The van der Waals surface area contributed by atoms with E-state index >= 15 is 0 Å². The molecular weight excluding hydrogens is 291 g/mol. The van der Waals surface area contributed by atoms with Gasteiger partial charge in [0.2, 0.25) is 0 Å². The zero-order valence-corrected chi connectivity index (χ0v) is 12.1. The number of hydrogen-bond donors (Lipinski definition) is 1. The van der Waals surface area contributed by atoms with Crippen molar-refractivity contribution >= 4 is 39.7 Å². The van der Waals surface area contributed by atoms with Gasteiger partial charge in [-0.25, -0.2) is 4.98 Å². The summed E-state index contributed by atoms with van der Waals surface area (Å²) in [6.45, 7) is 3.32. The molecule has 0 aliphatic heterocycles. The van der Waals surface area contributed by atoms with Crippen molar-refractivity contribution in [2.24, 2.45) is 0 Å². The SMILES string of the molecule is CCNc1ncc(COc2cccc(Cl)c2Cl)s1. The van der Waals surface area contributed by atoms with Gasteiger partial charge in [0, 0.05) is 12.7 Å². The quantitative estimate of drug-likeness (QED) is 0.885. The third kappa shape index (κ3) is 3.28. The van der Waals surface area contributed by atoms with Crippen LogP contribution in [0.15, 0.2) is 24.4 Å². The summed E-state index contributed by atoms with van der Waals surface area (Å²) in [4.78, 5) is 5.26. The van der Waals surface area contributed by atoms with E-state index in [1.165, 1.54) is 0 Å². The predicted octanol–water partition coefficient (Wildman–Crippen LogP) is 4.46. The van der Waals surface area contributed by atoms with Gasteiger partial charge in [-0.2, -0.15) is 0 Å². The van der Waals surface area contributed by atoms with Gasteiger partial charge in [-0.1, -0.05) is 40.6 Å². The molecule has 2 rings (SSSR count). The first-order valence-corrected chi connectivity index (χ1v) is 7.03. The number of thiazole rings is 1. The Bertz CT molecular complexity index is 531. The molecule has 0 aliphatic carbocycles. The molecular formula is C12H12Cl2N2OS. The molecule has 2 aromatic rings. The van der Waals surface area contributed by atoms with Crippen LogP contribution in [0.2, 0.25) is 10.0 Å². The molecule has 1 aromatic carbocycles. The van der Waals surface area contributed by atoms with Gasteiger partial charge in [0.1, 0.15) is 17.4 Å². The first-order chi connectivity index (χ1) is 8.70. The maximum atomic E-state index is 6.03. The first kappa shape index (κ1) is 13.5. The van der Waals surface area contributed by atoms with Crippen LogP contribution in [0.5, 0.6) is 5.75 Å². The predicted molar refractivity (Wildman–Crippen MR) is 77.1 cm³/mol. The lowest BCUT2D eigenvalue weighted by molar-refractivity contribution is 0.310. The molecule has 1 heterocycles. The van der Waals surface area contributed by atoms with Gasteiger partial charge in [0.15, 0.2) is 5.13 Å². The Morgan fingerprint density at radius 3 is 3.00 bits per heavy atom. The van der Waals surface area contributed by atoms with Crippen LogP contribution < -0.4 is 10.1 Å². The summed E-state index contributed by atoms with van der Waals surface area (Å²) < 4.78 is 5.62. The van der Waals surface area contributed by atoms with Crippen molar-refractivity contribution in [3.8, 4) is 5.75 Å². The van der Waals surface area contributed by atoms with Crippen LogP contribution in [0.25, 0.3) is 0 Å². The number of anilines is 1. The standard InChI is InChI=1S/C12H12Cl2N2OS/c1-2-15-12-16-6-8(18-12)7-17-10-5-3-4-9(13)11(10)14/h3-6H,2,7H2,1H3,(H,15,16). The molecule has 1 aromatic heterocycles. The van der Waals surface area contributed by atoms with Gasteiger partial charge in [0.05, 0.1) is 9.90 Å². The Morgan fingerprint density at radius 1 is 1.39 bits per heavy atom. The first-order valence-electron chi connectivity index (χ1n) is 5.46. The van der Waals surface area contributed by atoms with Gasteiger partial charge in [-0.3, -0.25) is 0 Å². The van der Waals surface area contributed by atoms with Crippen LogP contribution in [0.4, 0.5) is 5.13 Å². The molecule has 0 aliphatic rings. The summed E-state index contributed by atoms with van der Waals surface area (Å²) in [6.07, 6.45) is 1.79. The Kier molecular flexibility index (Phi) is 4.69. The minimum Gasteiger partial charge on any atom is -0.486 e. The minimum absolute atomic E-state index is 0.434. The fraction of sp³-hybridized carbons (Fsp3) is 0.250. The minimum atomic E-state index is 0.434. The van der Waals surface area contributed by atoms with Crippen molar-refractivity contribution in [1.29, 1.82) is 0 Å². The summed E-state index contributed by atoms with van der Waals surface area (Å²) in [7, 11) is 0. The van der Waals surface area contributed by atoms with Crippen molar-refractivity contribution in [1.82, 2.24) is 4.98 Å². The molecule has 3 nitrogen and oxygen atoms in total. The van der Waals surface area contributed by atoms with Crippen molar-refractivity contribution in [3.05, 3.63) is 39.3 Å². The maximum Gasteiger partial charge on any atom is 0.182 e. The molecule has 18 heavy (non-hydrogen) atoms. The number of nitrogens with one attached hydrogen (secondary N) is 1. The van der Waals surface area contributed by atoms with Gasteiger partial charge >= 0.3 is 0 Å². The molecule has 0 radical (unpaired) electrons. The van der Waals surface area contributed by atoms with Gasteiger partial charge in [-0.05, 0) is 19.1 Å². The molecule has 6 heteroatoms. The van der Waals surface area contributed by atoms with Gasteiger partial charge < -0.3 is 10.1 Å². The lowest BCUT2D eigenvalue weighted by Crippen LogP contribution is -1.94. The fourth-order valence-corrected chi connectivity index (χ4v) is 2.49. The van der Waals surface area contributed by atoms with E-state index < -0.39 is 0 Å². The number of ether oxygens (including phenoxy) is 1. The molecule has 1 N–H and O–H groups in total. The summed E-state index contributed by atoms with van der Waals surface area (Å²) in [5.74, 6) is 0.586. The van der Waals surface area contributed by atoms with Crippen LogP contribution in [0.1, 0.15) is 11.8 Å². The van der Waals surface area contributed by atoms with E-state index in [0.717, 1.165) is 16.6 Å². The highest BCUT2D eigenvalue weighted by atomic mass is 35.5. The molecule has 0 saturated heterocycles. The van der Waals surface area contributed by atoms with Crippen LogP contribution in [0.3, 0.4) is 0 Å². The summed E-state index contributed by atoms with van der Waals surface area (Å²) >= 11 is 13.5. The monoisotopic (exact) mass is 302 g/mol. The second-order valence-corrected chi connectivity index (χ2v) is 5.40. The maximum absolute atomic E-state index is 6.03. The zero-order chi connectivity index (χ0) is 13.0. The van der Waals surface area contributed by atoms with Crippen molar-refractivity contribution < 1.29 is 4.74 Å². The fourth-order valence-electron chi connectivity index (χ4n) is 1.35. The number of rotatable bonds is 5. The Hall–Kier alpha value is -0.970. The summed E-state index contributed by atoms with van der Waals surface area (Å²) in [6, 6.07) is 5.33. The molecule has 0 saturated carbocycles. The third-order valence-electron chi connectivity index (χ3n) is 2.17. The van der Waals surface area contributed by atoms with E-state index in [0.29, 0.717) is 22.4 Å². The third-order valence-corrected chi connectivity index (χ3v) is 3.90. The Balaban J connectivity index is 2.00. The number of benzene rings is 1. The normalized spacial score (nSPS) is 10.4. The number of nitrogens with zero attached hydrogens (tertiary/aromatic N) is 1. The second-order valence-electron chi connectivity index (χ2n) is 3.50. The van der Waals surface area contributed by atoms with Crippen molar-refractivity contribution in [2.45, 2.75) is 13.5 Å². The van der Waals surface area contributed by atoms with E-state index in [4.69, 9.17) is 27.9 Å². The summed E-state index contributed by atoms with van der Waals surface area (Å²) in [5.41, 5.74) is 0. The van der Waals surface area contributed by atoms with Gasteiger partial charge in [-0.15, -0.1) is 0 Å². The van der Waals surface area contributed by atoms with E-state index in [1.807, 2.05) is 6.92 Å². The van der Waals surface area contributed by atoms with Crippen LogP contribution >= 0.6 is 34.5 Å². The molecule has 0 unspecified atom stereocenters.